The second kappa shape index (κ2) is 13.9. The van der Waals surface area contributed by atoms with Gasteiger partial charge in [0.15, 0.2) is 0 Å². The Morgan fingerprint density at radius 1 is 0.300 bits per heavy atom. The van der Waals surface area contributed by atoms with Gasteiger partial charge in [0.1, 0.15) is 24.7 Å². The fourth-order valence-corrected chi connectivity index (χ4v) is 8.74. The van der Waals surface area contributed by atoms with Crippen LogP contribution in [0.5, 0.6) is 11.5 Å². The van der Waals surface area contributed by atoms with Crippen molar-refractivity contribution < 1.29 is 9.47 Å². The molecule has 0 atom stereocenters. The molecule has 0 radical (unpaired) electrons. The summed E-state index contributed by atoms with van der Waals surface area (Å²) in [6.07, 6.45) is 0. The minimum atomic E-state index is 0.370. The summed E-state index contributed by atoms with van der Waals surface area (Å²) < 4.78 is 13.3. The highest BCUT2D eigenvalue weighted by atomic mass is 16.5. The molecule has 0 bridgehead atoms. The van der Waals surface area contributed by atoms with Gasteiger partial charge >= 0.3 is 0 Å². The number of aromatic nitrogens is 4. The van der Waals surface area contributed by atoms with Crippen LogP contribution in [0.15, 0.2) is 182 Å². The number of fused-ring (bicyclic) bond motifs is 8. The quantitative estimate of drug-likeness (QED) is 0.150. The summed E-state index contributed by atoms with van der Waals surface area (Å²) in [5, 5.41) is 8.50. The Labute approximate surface area is 344 Å². The second-order valence-electron chi connectivity index (χ2n) is 15.3. The molecular weight excluding hydrogens is 737 g/mol. The van der Waals surface area contributed by atoms with Crippen molar-refractivity contribution in [2.45, 2.75) is 13.2 Å². The molecule has 0 aliphatic rings. The summed E-state index contributed by atoms with van der Waals surface area (Å²) in [5.74, 6) is 1.50. The van der Waals surface area contributed by atoms with Crippen molar-refractivity contribution in [3.8, 4) is 22.6 Å². The van der Waals surface area contributed by atoms with Gasteiger partial charge in [0, 0.05) is 65.3 Å². The van der Waals surface area contributed by atoms with E-state index in [1.165, 1.54) is 0 Å². The second-order valence-corrected chi connectivity index (χ2v) is 15.3. The van der Waals surface area contributed by atoms with Gasteiger partial charge in [-0.2, -0.15) is 0 Å². The van der Waals surface area contributed by atoms with Gasteiger partial charge in [-0.3, -0.25) is 0 Å². The Bertz CT molecular complexity index is 3450. The van der Waals surface area contributed by atoms with Crippen LogP contribution in [0.4, 0.5) is 0 Å². The van der Waals surface area contributed by atoms with Crippen molar-refractivity contribution in [3.63, 3.8) is 0 Å². The topological polar surface area (TPSA) is 70.0 Å². The molecule has 4 aromatic heterocycles. The molecule has 0 aliphatic heterocycles. The molecule has 4 heterocycles. The summed E-state index contributed by atoms with van der Waals surface area (Å²) in [7, 11) is 0. The van der Waals surface area contributed by atoms with Gasteiger partial charge in [-0.25, -0.2) is 19.9 Å². The molecule has 6 heteroatoms. The maximum absolute atomic E-state index is 6.64. The Morgan fingerprint density at radius 3 is 1.18 bits per heavy atom. The Balaban J connectivity index is 0.987. The molecule has 6 nitrogen and oxygen atoms in total. The van der Waals surface area contributed by atoms with Gasteiger partial charge < -0.3 is 9.47 Å². The van der Waals surface area contributed by atoms with Crippen molar-refractivity contribution in [3.05, 3.63) is 193 Å². The lowest BCUT2D eigenvalue weighted by Crippen LogP contribution is -1.99. The molecule has 0 unspecified atom stereocenters. The van der Waals surface area contributed by atoms with Crippen LogP contribution in [0.25, 0.3) is 98.4 Å². The zero-order valence-corrected chi connectivity index (χ0v) is 32.3. The van der Waals surface area contributed by atoms with Crippen LogP contribution in [-0.2, 0) is 13.2 Å². The third-order valence-corrected chi connectivity index (χ3v) is 11.6. The van der Waals surface area contributed by atoms with Gasteiger partial charge in [0.05, 0.1) is 44.1 Å². The SMILES string of the molecule is c1ccc2nc3c(COc4ccc5nc6ccccc6c(-c6c7ccccc7nc7ccc(OCc8cccc9cc%10ccccc%10nc89)cc67)c5c4)cccc3cc2c1. The van der Waals surface area contributed by atoms with Gasteiger partial charge in [-0.15, -0.1) is 0 Å². The number of pyridine rings is 4. The van der Waals surface area contributed by atoms with Crippen LogP contribution >= 0.6 is 0 Å². The molecule has 12 rings (SSSR count). The number of hydrogen-bond acceptors (Lipinski definition) is 6. The molecule has 0 spiro atoms. The van der Waals surface area contributed by atoms with E-state index in [0.29, 0.717) is 13.2 Å². The average molecular weight is 771 g/mol. The van der Waals surface area contributed by atoms with Crippen LogP contribution in [0.1, 0.15) is 11.1 Å². The number of benzene rings is 8. The molecule has 0 amide bonds. The first kappa shape index (κ1) is 34.1. The molecule has 282 valence electrons. The van der Waals surface area contributed by atoms with E-state index in [2.05, 4.69) is 133 Å². The molecule has 0 fully saturated rings. The molecule has 8 aromatic carbocycles. The summed E-state index contributed by atoms with van der Waals surface area (Å²) in [5.41, 5.74) is 11.6. The highest BCUT2D eigenvalue weighted by molar-refractivity contribution is 6.21. The molecule has 0 saturated heterocycles. The predicted molar refractivity (Wildman–Crippen MR) is 245 cm³/mol. The minimum absolute atomic E-state index is 0.370. The van der Waals surface area contributed by atoms with E-state index in [9.17, 15) is 0 Å². The Morgan fingerprint density at radius 2 is 0.700 bits per heavy atom. The smallest absolute Gasteiger partial charge is 0.120 e. The van der Waals surface area contributed by atoms with Crippen LogP contribution in [0, 0.1) is 0 Å². The maximum atomic E-state index is 6.64. The number of ether oxygens (including phenoxy) is 2. The van der Waals surface area contributed by atoms with Crippen molar-refractivity contribution in [2.24, 2.45) is 0 Å². The predicted octanol–water partition coefficient (Wildman–Crippen LogP) is 13.3. The summed E-state index contributed by atoms with van der Waals surface area (Å²) in [6.45, 7) is 0.740. The van der Waals surface area contributed by atoms with E-state index in [4.69, 9.17) is 29.4 Å². The fraction of sp³-hybridized carbons (Fsp3) is 0.0370. The normalized spacial score (nSPS) is 11.8. The summed E-state index contributed by atoms with van der Waals surface area (Å²) in [4.78, 5) is 20.4. The molecule has 12 aromatic rings. The highest BCUT2D eigenvalue weighted by Crippen LogP contribution is 2.44. The monoisotopic (exact) mass is 770 g/mol. The molecular formula is C54H34N4O2. The molecule has 0 aliphatic carbocycles. The average Bonchev–Trinajstić information content (AvgIpc) is 3.30. The van der Waals surface area contributed by atoms with Gasteiger partial charge in [-0.05, 0) is 72.8 Å². The van der Waals surface area contributed by atoms with E-state index in [0.717, 1.165) is 121 Å². The van der Waals surface area contributed by atoms with Gasteiger partial charge in [0.25, 0.3) is 0 Å². The van der Waals surface area contributed by atoms with Crippen LogP contribution < -0.4 is 9.47 Å². The first-order chi connectivity index (χ1) is 29.7. The van der Waals surface area contributed by atoms with Crippen molar-refractivity contribution in [2.75, 3.05) is 0 Å². The lowest BCUT2D eigenvalue weighted by atomic mass is 9.90. The lowest BCUT2D eigenvalue weighted by molar-refractivity contribution is 0.308. The maximum Gasteiger partial charge on any atom is 0.120 e. The lowest BCUT2D eigenvalue weighted by Gasteiger charge is -2.18. The third kappa shape index (κ3) is 5.80. The van der Waals surface area contributed by atoms with E-state index >= 15 is 0 Å². The van der Waals surface area contributed by atoms with E-state index in [1.807, 2.05) is 48.5 Å². The van der Waals surface area contributed by atoms with Crippen LogP contribution in [0.3, 0.4) is 0 Å². The number of nitrogens with zero attached hydrogens (tertiary/aromatic N) is 4. The van der Waals surface area contributed by atoms with Gasteiger partial charge in [-0.1, -0.05) is 109 Å². The van der Waals surface area contributed by atoms with Gasteiger partial charge in [0.2, 0.25) is 0 Å². The number of para-hydroxylation sites is 6. The zero-order chi connectivity index (χ0) is 39.6. The standard InChI is InChI=1S/C54H34N4O2/c1-5-19-45-33(11-1)27-35-13-9-15-37(53(35)57-45)31-59-39-23-25-49-43(29-39)51(41-17-3-7-21-47(41)55-49)52-42-18-4-8-22-48(42)56-50-26-24-40(30-44(50)52)60-32-38-16-10-14-36-28-34-12-2-6-20-46(34)58-54(36)38/h1-30H,31-32H2. The molecule has 0 saturated carbocycles. The van der Waals surface area contributed by atoms with E-state index in [1.54, 1.807) is 0 Å². The summed E-state index contributed by atoms with van der Waals surface area (Å²) in [6, 6.07) is 62.6. The largest absolute Gasteiger partial charge is 0.489 e. The van der Waals surface area contributed by atoms with Crippen LogP contribution in [-0.4, -0.2) is 19.9 Å². The molecule has 0 N–H and O–H groups in total. The zero-order valence-electron chi connectivity index (χ0n) is 32.3. The third-order valence-electron chi connectivity index (χ3n) is 11.6. The minimum Gasteiger partial charge on any atom is -0.489 e. The molecule has 60 heavy (non-hydrogen) atoms. The Kier molecular flexibility index (Phi) is 7.88. The van der Waals surface area contributed by atoms with Crippen LogP contribution in [0.2, 0.25) is 0 Å². The van der Waals surface area contributed by atoms with E-state index in [-0.39, 0.29) is 0 Å². The number of hydrogen-bond donors (Lipinski definition) is 0. The first-order valence-electron chi connectivity index (χ1n) is 20.2. The highest BCUT2D eigenvalue weighted by Gasteiger charge is 2.19. The first-order valence-corrected chi connectivity index (χ1v) is 20.2. The van der Waals surface area contributed by atoms with Crippen molar-refractivity contribution in [1.82, 2.24) is 19.9 Å². The van der Waals surface area contributed by atoms with E-state index < -0.39 is 0 Å². The number of rotatable bonds is 7. The van der Waals surface area contributed by atoms with Crippen molar-refractivity contribution >= 4 is 87.2 Å². The Hall–Kier alpha value is -7.96. The fourth-order valence-electron chi connectivity index (χ4n) is 8.74. The summed E-state index contributed by atoms with van der Waals surface area (Å²) >= 11 is 0. The van der Waals surface area contributed by atoms with Crippen molar-refractivity contribution in [1.29, 1.82) is 0 Å².